The van der Waals surface area contributed by atoms with E-state index >= 15 is 0 Å². The van der Waals surface area contributed by atoms with Gasteiger partial charge in [-0.2, -0.15) is 0 Å². The quantitative estimate of drug-likeness (QED) is 0.581. The molecule has 0 aliphatic rings. The van der Waals surface area contributed by atoms with Crippen LogP contribution in [0.25, 0.3) is 16.6 Å². The summed E-state index contributed by atoms with van der Waals surface area (Å²) in [5, 5.41) is 11.6. The second-order valence-corrected chi connectivity index (χ2v) is 4.51. The highest BCUT2D eigenvalue weighted by molar-refractivity contribution is 5.93. The second kappa shape index (κ2) is 5.29. The predicted octanol–water partition coefficient (Wildman–Crippen LogP) is 1.83. The van der Waals surface area contributed by atoms with E-state index in [-0.39, 0.29) is 5.69 Å². The van der Waals surface area contributed by atoms with E-state index in [9.17, 15) is 10.1 Å². The topological polar surface area (TPSA) is 99.9 Å². The normalized spacial score (nSPS) is 10.9. The van der Waals surface area contributed by atoms with Gasteiger partial charge in [-0.05, 0) is 24.7 Å². The van der Waals surface area contributed by atoms with Crippen LogP contribution >= 0.6 is 0 Å². The van der Waals surface area contributed by atoms with Crippen molar-refractivity contribution in [3.05, 3.63) is 58.8 Å². The van der Waals surface area contributed by atoms with Crippen molar-refractivity contribution >= 4 is 16.6 Å². The highest BCUT2D eigenvalue weighted by Gasteiger charge is 2.16. The smallest absolute Gasteiger partial charge is 0.278 e. The van der Waals surface area contributed by atoms with E-state index in [0.717, 1.165) is 11.5 Å². The lowest BCUT2D eigenvalue weighted by molar-refractivity contribution is -0.383. The molecule has 0 saturated heterocycles. The number of non-ortho nitro benzene ring substituents is 1. The highest BCUT2D eigenvalue weighted by Crippen LogP contribution is 2.29. The molecule has 0 aliphatic heterocycles. The zero-order valence-corrected chi connectivity index (χ0v) is 11.1. The Morgan fingerprint density at radius 1 is 1.24 bits per heavy atom. The summed E-state index contributed by atoms with van der Waals surface area (Å²) in [6.45, 7) is 0.482. The third-order valence-corrected chi connectivity index (χ3v) is 3.27. The molecule has 3 aromatic rings. The molecular weight excluding hydrogens is 270 g/mol. The maximum absolute atomic E-state index is 11.1. The van der Waals surface area contributed by atoms with E-state index in [1.165, 1.54) is 6.07 Å². The van der Waals surface area contributed by atoms with Gasteiger partial charge in [-0.3, -0.25) is 15.1 Å². The molecule has 7 heteroatoms. The molecule has 0 aliphatic carbocycles. The number of nitrogens with zero attached hydrogens (tertiary/aromatic N) is 4. The number of benzene rings is 1. The van der Waals surface area contributed by atoms with Gasteiger partial charge in [-0.1, -0.05) is 0 Å². The molecule has 0 radical (unpaired) electrons. The van der Waals surface area contributed by atoms with Gasteiger partial charge in [0.2, 0.25) is 0 Å². The van der Waals surface area contributed by atoms with Crippen molar-refractivity contribution in [2.24, 2.45) is 5.73 Å². The van der Waals surface area contributed by atoms with Gasteiger partial charge >= 0.3 is 0 Å². The van der Waals surface area contributed by atoms with E-state index in [1.54, 1.807) is 36.8 Å². The van der Waals surface area contributed by atoms with Crippen molar-refractivity contribution in [2.75, 3.05) is 6.54 Å². The third-order valence-electron chi connectivity index (χ3n) is 3.27. The van der Waals surface area contributed by atoms with Gasteiger partial charge in [-0.15, -0.1) is 0 Å². The fourth-order valence-electron chi connectivity index (χ4n) is 2.36. The van der Waals surface area contributed by atoms with Gasteiger partial charge in [0.15, 0.2) is 0 Å². The van der Waals surface area contributed by atoms with E-state index < -0.39 is 4.92 Å². The number of aromatic nitrogens is 3. The summed E-state index contributed by atoms with van der Waals surface area (Å²) in [7, 11) is 0. The standard InChI is InChI=1S/C14H13N5O2/c15-6-5-13-16-8-9-18(13)12-4-3-11(19(20)21)10-2-1-7-17-14(10)12/h1-4,7-9H,5-6,15H2. The number of rotatable bonds is 4. The highest BCUT2D eigenvalue weighted by atomic mass is 16.6. The van der Waals surface area contributed by atoms with E-state index in [0.29, 0.717) is 23.9 Å². The van der Waals surface area contributed by atoms with Crippen LogP contribution in [0.15, 0.2) is 42.9 Å². The van der Waals surface area contributed by atoms with Gasteiger partial charge in [0, 0.05) is 31.1 Å². The van der Waals surface area contributed by atoms with Crippen molar-refractivity contribution in [1.82, 2.24) is 14.5 Å². The first kappa shape index (κ1) is 13.2. The maximum Gasteiger partial charge on any atom is 0.278 e. The largest absolute Gasteiger partial charge is 0.330 e. The predicted molar refractivity (Wildman–Crippen MR) is 78.3 cm³/mol. The summed E-state index contributed by atoms with van der Waals surface area (Å²) in [5.74, 6) is 0.804. The third kappa shape index (κ3) is 2.23. The van der Waals surface area contributed by atoms with Gasteiger partial charge < -0.3 is 10.3 Å². The van der Waals surface area contributed by atoms with Crippen molar-refractivity contribution in [3.63, 3.8) is 0 Å². The van der Waals surface area contributed by atoms with Crippen molar-refractivity contribution < 1.29 is 4.92 Å². The van der Waals surface area contributed by atoms with Crippen molar-refractivity contribution in [3.8, 4) is 5.69 Å². The zero-order chi connectivity index (χ0) is 14.8. The fraction of sp³-hybridized carbons (Fsp3) is 0.143. The Morgan fingerprint density at radius 3 is 2.86 bits per heavy atom. The van der Waals surface area contributed by atoms with E-state index in [4.69, 9.17) is 5.73 Å². The maximum atomic E-state index is 11.1. The minimum Gasteiger partial charge on any atom is -0.330 e. The number of pyridine rings is 1. The molecule has 0 fully saturated rings. The van der Waals surface area contributed by atoms with E-state index in [1.807, 2.05) is 4.57 Å². The minimum absolute atomic E-state index is 0.0438. The lowest BCUT2D eigenvalue weighted by atomic mass is 10.1. The van der Waals surface area contributed by atoms with Crippen LogP contribution in [0.3, 0.4) is 0 Å². The number of imidazole rings is 1. The average Bonchev–Trinajstić information content (AvgIpc) is 2.94. The number of nitro groups is 1. The zero-order valence-electron chi connectivity index (χ0n) is 11.1. The fourth-order valence-corrected chi connectivity index (χ4v) is 2.36. The van der Waals surface area contributed by atoms with Crippen LogP contribution in [-0.2, 0) is 6.42 Å². The molecule has 2 aromatic heterocycles. The van der Waals surface area contributed by atoms with Crippen LogP contribution in [0.5, 0.6) is 0 Å². The van der Waals surface area contributed by atoms with Gasteiger partial charge in [0.25, 0.3) is 5.69 Å². The number of hydrogen-bond donors (Lipinski definition) is 1. The Morgan fingerprint density at radius 2 is 2.10 bits per heavy atom. The molecule has 7 nitrogen and oxygen atoms in total. The van der Waals surface area contributed by atoms with Crippen LogP contribution in [0.4, 0.5) is 5.69 Å². The first-order valence-corrected chi connectivity index (χ1v) is 6.47. The first-order chi connectivity index (χ1) is 10.2. The van der Waals surface area contributed by atoms with Crippen LogP contribution in [0, 0.1) is 10.1 Å². The molecule has 2 heterocycles. The molecule has 21 heavy (non-hydrogen) atoms. The number of nitro benzene ring substituents is 1. The average molecular weight is 283 g/mol. The van der Waals surface area contributed by atoms with Crippen LogP contribution < -0.4 is 5.73 Å². The molecule has 106 valence electrons. The summed E-state index contributed by atoms with van der Waals surface area (Å²) >= 11 is 0. The molecule has 0 saturated carbocycles. The molecule has 0 bridgehead atoms. The van der Waals surface area contributed by atoms with Crippen molar-refractivity contribution in [2.45, 2.75) is 6.42 Å². The monoisotopic (exact) mass is 283 g/mol. The number of fused-ring (bicyclic) bond motifs is 1. The molecule has 0 amide bonds. The van der Waals surface area contributed by atoms with Crippen LogP contribution in [0.2, 0.25) is 0 Å². The van der Waals surface area contributed by atoms with Gasteiger partial charge in [0.05, 0.1) is 16.0 Å². The Bertz CT molecular complexity index is 812. The summed E-state index contributed by atoms with van der Waals surface area (Å²) in [5.41, 5.74) is 6.96. The minimum atomic E-state index is -0.400. The Balaban J connectivity index is 2.27. The van der Waals surface area contributed by atoms with Crippen molar-refractivity contribution in [1.29, 1.82) is 0 Å². The molecular formula is C14H13N5O2. The molecule has 1 aromatic carbocycles. The number of hydrogen-bond acceptors (Lipinski definition) is 5. The summed E-state index contributed by atoms with van der Waals surface area (Å²) in [6, 6.07) is 6.57. The van der Waals surface area contributed by atoms with Crippen LogP contribution in [0.1, 0.15) is 5.82 Å². The summed E-state index contributed by atoms with van der Waals surface area (Å²) < 4.78 is 1.87. The number of nitrogens with two attached hydrogens (primary N) is 1. The molecule has 0 atom stereocenters. The Kier molecular flexibility index (Phi) is 3.33. The second-order valence-electron chi connectivity index (χ2n) is 4.51. The lowest BCUT2D eigenvalue weighted by Gasteiger charge is -2.10. The molecule has 0 unspecified atom stereocenters. The molecule has 3 rings (SSSR count). The SMILES string of the molecule is NCCc1nccn1-c1ccc([N+](=O)[O-])c2cccnc12. The first-order valence-electron chi connectivity index (χ1n) is 6.47. The Labute approximate surface area is 120 Å². The van der Waals surface area contributed by atoms with Gasteiger partial charge in [0.1, 0.15) is 11.3 Å². The van der Waals surface area contributed by atoms with Crippen LogP contribution in [-0.4, -0.2) is 26.0 Å². The summed E-state index contributed by atoms with van der Waals surface area (Å²) in [4.78, 5) is 19.3. The van der Waals surface area contributed by atoms with E-state index in [2.05, 4.69) is 9.97 Å². The molecule has 0 spiro atoms. The van der Waals surface area contributed by atoms with Gasteiger partial charge in [-0.25, -0.2) is 4.98 Å². The lowest BCUT2D eigenvalue weighted by Crippen LogP contribution is -2.09. The molecule has 2 N–H and O–H groups in total. The Hall–Kier alpha value is -2.80. The summed E-state index contributed by atoms with van der Waals surface area (Å²) in [6.07, 6.45) is 5.73.